The van der Waals surface area contributed by atoms with Gasteiger partial charge in [0.05, 0.1) is 5.69 Å². The number of hydrogen-bond acceptors (Lipinski definition) is 2. The third-order valence-electron chi connectivity index (χ3n) is 3.49. The standard InChI is InChI=1S/C15H18ClF2N3/c1-4-19-13(10-6-5-7-12(17)14(10)18)8-11-9(2)20-21(3)15(11)16/h5-7,13,19H,4,8H2,1-3H3. The molecule has 0 bridgehead atoms. The first-order valence-electron chi connectivity index (χ1n) is 6.81. The number of nitrogens with one attached hydrogen (secondary N) is 1. The Morgan fingerprint density at radius 3 is 2.67 bits per heavy atom. The molecule has 1 atom stereocenters. The van der Waals surface area contributed by atoms with Gasteiger partial charge in [-0.3, -0.25) is 4.68 Å². The molecule has 0 saturated carbocycles. The van der Waals surface area contributed by atoms with Crippen LogP contribution in [-0.2, 0) is 13.5 Å². The van der Waals surface area contributed by atoms with Crippen molar-refractivity contribution in [2.24, 2.45) is 7.05 Å². The molecule has 1 unspecified atom stereocenters. The van der Waals surface area contributed by atoms with E-state index in [9.17, 15) is 8.78 Å². The van der Waals surface area contributed by atoms with Gasteiger partial charge >= 0.3 is 0 Å². The van der Waals surface area contributed by atoms with E-state index in [0.717, 1.165) is 17.3 Å². The van der Waals surface area contributed by atoms with Crippen LogP contribution in [0.5, 0.6) is 0 Å². The molecular weight excluding hydrogens is 296 g/mol. The van der Waals surface area contributed by atoms with Crippen LogP contribution in [0.2, 0.25) is 5.15 Å². The van der Waals surface area contributed by atoms with Crippen LogP contribution in [0.3, 0.4) is 0 Å². The minimum atomic E-state index is -0.843. The van der Waals surface area contributed by atoms with Gasteiger partial charge in [-0.25, -0.2) is 8.78 Å². The third kappa shape index (κ3) is 3.24. The van der Waals surface area contributed by atoms with Gasteiger partial charge < -0.3 is 5.32 Å². The maximum Gasteiger partial charge on any atom is 0.163 e. The van der Waals surface area contributed by atoms with Crippen molar-refractivity contribution in [2.75, 3.05) is 6.54 Å². The lowest BCUT2D eigenvalue weighted by Gasteiger charge is -2.19. The van der Waals surface area contributed by atoms with E-state index in [2.05, 4.69) is 10.4 Å². The van der Waals surface area contributed by atoms with Gasteiger partial charge in [0.15, 0.2) is 11.6 Å². The van der Waals surface area contributed by atoms with E-state index in [1.807, 2.05) is 13.8 Å². The molecule has 0 fully saturated rings. The normalized spacial score (nSPS) is 12.7. The molecule has 2 rings (SSSR count). The van der Waals surface area contributed by atoms with Crippen molar-refractivity contribution in [1.29, 1.82) is 0 Å². The summed E-state index contributed by atoms with van der Waals surface area (Å²) in [6, 6.07) is 3.86. The summed E-state index contributed by atoms with van der Waals surface area (Å²) in [6.07, 6.45) is 0.451. The summed E-state index contributed by atoms with van der Waals surface area (Å²) in [5.41, 5.74) is 1.94. The molecule has 2 aromatic rings. The Balaban J connectivity index is 2.38. The average Bonchev–Trinajstić information content (AvgIpc) is 2.68. The van der Waals surface area contributed by atoms with Gasteiger partial charge in [-0.05, 0) is 26.0 Å². The predicted molar refractivity (Wildman–Crippen MR) is 79.4 cm³/mol. The molecule has 0 aliphatic carbocycles. The number of likely N-dealkylation sites (N-methyl/N-ethyl adjacent to an activating group) is 1. The Hall–Kier alpha value is -1.46. The zero-order valence-corrected chi connectivity index (χ0v) is 13.0. The first-order chi connectivity index (χ1) is 9.95. The molecule has 0 spiro atoms. The van der Waals surface area contributed by atoms with Crippen molar-refractivity contribution in [3.05, 3.63) is 51.8 Å². The molecule has 1 aromatic heterocycles. The van der Waals surface area contributed by atoms with Crippen LogP contribution in [0.1, 0.15) is 29.8 Å². The smallest absolute Gasteiger partial charge is 0.163 e. The van der Waals surface area contributed by atoms with E-state index in [0.29, 0.717) is 23.7 Å². The average molecular weight is 314 g/mol. The van der Waals surface area contributed by atoms with E-state index in [-0.39, 0.29) is 6.04 Å². The van der Waals surface area contributed by atoms with Gasteiger partial charge in [-0.2, -0.15) is 5.10 Å². The number of aromatic nitrogens is 2. The Kier molecular flexibility index (Phi) is 4.96. The van der Waals surface area contributed by atoms with Gasteiger partial charge in [0.1, 0.15) is 5.15 Å². The molecule has 6 heteroatoms. The van der Waals surface area contributed by atoms with E-state index < -0.39 is 11.6 Å². The molecule has 1 N–H and O–H groups in total. The number of halogens is 3. The van der Waals surface area contributed by atoms with Crippen LogP contribution in [-0.4, -0.2) is 16.3 Å². The molecule has 114 valence electrons. The highest BCUT2D eigenvalue weighted by Gasteiger charge is 2.21. The highest BCUT2D eigenvalue weighted by Crippen LogP contribution is 2.27. The van der Waals surface area contributed by atoms with Gasteiger partial charge in [-0.1, -0.05) is 30.7 Å². The summed E-state index contributed by atoms with van der Waals surface area (Å²) < 4.78 is 29.0. The third-order valence-corrected chi connectivity index (χ3v) is 3.96. The minimum absolute atomic E-state index is 0.302. The zero-order valence-electron chi connectivity index (χ0n) is 12.3. The van der Waals surface area contributed by atoms with Crippen molar-refractivity contribution in [3.8, 4) is 0 Å². The van der Waals surface area contributed by atoms with Gasteiger partial charge in [-0.15, -0.1) is 0 Å². The van der Waals surface area contributed by atoms with Gasteiger partial charge in [0.2, 0.25) is 0 Å². The fraction of sp³-hybridized carbons (Fsp3) is 0.400. The van der Waals surface area contributed by atoms with Gasteiger partial charge in [0.25, 0.3) is 0 Å². The fourth-order valence-electron chi connectivity index (χ4n) is 2.44. The summed E-state index contributed by atoms with van der Waals surface area (Å²) in [5.74, 6) is -1.66. The minimum Gasteiger partial charge on any atom is -0.310 e. The molecule has 0 radical (unpaired) electrons. The largest absolute Gasteiger partial charge is 0.310 e. The van der Waals surface area contributed by atoms with Crippen molar-refractivity contribution >= 4 is 11.6 Å². The highest BCUT2D eigenvalue weighted by molar-refractivity contribution is 6.30. The van der Waals surface area contributed by atoms with E-state index in [1.165, 1.54) is 6.07 Å². The molecule has 3 nitrogen and oxygen atoms in total. The van der Waals surface area contributed by atoms with E-state index >= 15 is 0 Å². The van der Waals surface area contributed by atoms with Crippen LogP contribution in [0.4, 0.5) is 8.78 Å². The number of nitrogens with zero attached hydrogens (tertiary/aromatic N) is 2. The summed E-state index contributed by atoms with van der Waals surface area (Å²) in [6.45, 7) is 4.41. The molecule has 0 aliphatic rings. The Bertz CT molecular complexity index is 640. The number of hydrogen-bond donors (Lipinski definition) is 1. The quantitative estimate of drug-likeness (QED) is 0.915. The maximum atomic E-state index is 14.0. The van der Waals surface area contributed by atoms with Crippen LogP contribution in [0.15, 0.2) is 18.2 Å². The second-order valence-electron chi connectivity index (χ2n) is 4.94. The maximum absolute atomic E-state index is 14.0. The van der Waals surface area contributed by atoms with Crippen LogP contribution in [0, 0.1) is 18.6 Å². The number of aryl methyl sites for hydroxylation is 2. The second-order valence-corrected chi connectivity index (χ2v) is 5.29. The molecule has 21 heavy (non-hydrogen) atoms. The Labute approximate surface area is 127 Å². The lowest BCUT2D eigenvalue weighted by atomic mass is 9.98. The predicted octanol–water partition coefficient (Wildman–Crippen LogP) is 3.55. The van der Waals surface area contributed by atoms with E-state index in [4.69, 9.17) is 11.6 Å². The van der Waals surface area contributed by atoms with Crippen LogP contribution in [0.25, 0.3) is 0 Å². The topological polar surface area (TPSA) is 29.9 Å². The first-order valence-corrected chi connectivity index (χ1v) is 7.18. The molecule has 1 heterocycles. The summed E-state index contributed by atoms with van der Waals surface area (Å²) >= 11 is 6.22. The molecule has 0 amide bonds. The lowest BCUT2D eigenvalue weighted by Crippen LogP contribution is -2.24. The molecule has 0 saturated heterocycles. The fourth-order valence-corrected chi connectivity index (χ4v) is 2.69. The Morgan fingerprint density at radius 1 is 1.38 bits per heavy atom. The van der Waals surface area contributed by atoms with Crippen LogP contribution >= 0.6 is 11.6 Å². The molecule has 1 aromatic carbocycles. The zero-order chi connectivity index (χ0) is 15.6. The van der Waals surface area contributed by atoms with Gasteiger partial charge in [0, 0.05) is 24.2 Å². The van der Waals surface area contributed by atoms with Crippen molar-refractivity contribution in [3.63, 3.8) is 0 Å². The van der Waals surface area contributed by atoms with Crippen molar-refractivity contribution in [1.82, 2.24) is 15.1 Å². The highest BCUT2D eigenvalue weighted by atomic mass is 35.5. The Morgan fingerprint density at radius 2 is 2.10 bits per heavy atom. The molecular formula is C15H18ClF2N3. The van der Waals surface area contributed by atoms with Crippen molar-refractivity contribution in [2.45, 2.75) is 26.3 Å². The second kappa shape index (κ2) is 6.54. The number of rotatable bonds is 5. The lowest BCUT2D eigenvalue weighted by molar-refractivity contribution is 0.464. The monoisotopic (exact) mass is 313 g/mol. The van der Waals surface area contributed by atoms with Crippen molar-refractivity contribution < 1.29 is 8.78 Å². The molecule has 0 aliphatic heterocycles. The summed E-state index contributed by atoms with van der Waals surface area (Å²) in [7, 11) is 1.75. The first kappa shape index (κ1) is 15.9. The van der Waals surface area contributed by atoms with E-state index in [1.54, 1.807) is 17.8 Å². The summed E-state index contributed by atoms with van der Waals surface area (Å²) in [5, 5.41) is 7.94. The van der Waals surface area contributed by atoms with Crippen LogP contribution < -0.4 is 5.32 Å². The SMILES string of the molecule is CCNC(Cc1c(C)nn(C)c1Cl)c1cccc(F)c1F. The summed E-state index contributed by atoms with van der Waals surface area (Å²) in [4.78, 5) is 0. The number of benzene rings is 1.